The summed E-state index contributed by atoms with van der Waals surface area (Å²) in [5, 5.41) is 11.9. The first-order chi connectivity index (χ1) is 12.1. The normalized spacial score (nSPS) is 11.0. The Balaban J connectivity index is 2.48. The highest BCUT2D eigenvalue weighted by Crippen LogP contribution is 2.36. The van der Waals surface area contributed by atoms with E-state index in [4.69, 9.17) is 4.84 Å². The number of nitro benzene ring substituents is 1. The van der Waals surface area contributed by atoms with Crippen molar-refractivity contribution in [2.75, 3.05) is 19.2 Å². The molecule has 2 rings (SSSR count). The first-order valence-electron chi connectivity index (χ1n) is 7.21. The van der Waals surface area contributed by atoms with Gasteiger partial charge in [-0.25, -0.2) is 4.79 Å². The Hall–Kier alpha value is -3.30. The van der Waals surface area contributed by atoms with Crippen LogP contribution in [0.1, 0.15) is 5.56 Å². The molecule has 0 aliphatic heterocycles. The molecule has 7 nitrogen and oxygen atoms in total. The zero-order valence-electron chi connectivity index (χ0n) is 13.7. The highest BCUT2D eigenvalue weighted by Gasteiger charge is 2.34. The van der Waals surface area contributed by atoms with E-state index in [1.165, 1.54) is 26.2 Å². The first-order valence-corrected chi connectivity index (χ1v) is 7.21. The van der Waals surface area contributed by atoms with Crippen molar-refractivity contribution >= 4 is 17.4 Å². The number of alkyl halides is 3. The number of amides is 2. The van der Waals surface area contributed by atoms with Crippen molar-refractivity contribution in [3.63, 3.8) is 0 Å². The lowest BCUT2D eigenvalue weighted by Crippen LogP contribution is -2.41. The maximum Gasteiger partial charge on any atom is 0.416 e. The molecule has 0 bridgehead atoms. The summed E-state index contributed by atoms with van der Waals surface area (Å²) in [6.07, 6.45) is -4.75. The first kappa shape index (κ1) is 19.0. The van der Waals surface area contributed by atoms with E-state index in [0.717, 1.165) is 16.0 Å². The lowest BCUT2D eigenvalue weighted by Gasteiger charge is -2.25. The molecule has 0 spiro atoms. The molecular formula is C16H14F3N3O4. The predicted molar refractivity (Wildman–Crippen MR) is 86.7 cm³/mol. The molecule has 0 aliphatic carbocycles. The average molecular weight is 369 g/mol. The van der Waals surface area contributed by atoms with E-state index in [1.54, 1.807) is 18.2 Å². The van der Waals surface area contributed by atoms with Crippen LogP contribution in [0.15, 0.2) is 48.5 Å². The van der Waals surface area contributed by atoms with Gasteiger partial charge in [0.2, 0.25) is 5.75 Å². The minimum atomic E-state index is -4.75. The third-order valence-electron chi connectivity index (χ3n) is 3.22. The van der Waals surface area contributed by atoms with E-state index in [0.29, 0.717) is 12.1 Å². The van der Waals surface area contributed by atoms with Crippen molar-refractivity contribution in [1.82, 2.24) is 4.90 Å². The second-order valence-electron chi connectivity index (χ2n) is 5.34. The molecule has 2 aromatic carbocycles. The number of carbonyl (C=O) groups excluding carboxylic acids is 1. The Morgan fingerprint density at radius 2 is 1.73 bits per heavy atom. The Kier molecular flexibility index (Phi) is 5.34. The quantitative estimate of drug-likeness (QED) is 0.601. The summed E-state index contributed by atoms with van der Waals surface area (Å²) >= 11 is 0. The monoisotopic (exact) mass is 369 g/mol. The molecule has 0 atom stereocenters. The molecule has 0 aliphatic rings. The van der Waals surface area contributed by atoms with Gasteiger partial charge in [0.15, 0.2) is 0 Å². The number of carbonyl (C=O) groups is 1. The van der Waals surface area contributed by atoms with Gasteiger partial charge in [0.25, 0.3) is 0 Å². The molecular weight excluding hydrogens is 355 g/mol. The van der Waals surface area contributed by atoms with Gasteiger partial charge < -0.3 is 9.74 Å². The van der Waals surface area contributed by atoms with Crippen LogP contribution >= 0.6 is 0 Å². The second-order valence-corrected chi connectivity index (χ2v) is 5.34. The fourth-order valence-corrected chi connectivity index (χ4v) is 1.96. The molecule has 0 unspecified atom stereocenters. The fraction of sp³-hybridized carbons (Fsp3) is 0.188. The second kappa shape index (κ2) is 7.30. The summed E-state index contributed by atoms with van der Waals surface area (Å²) in [4.78, 5) is 29.0. The minimum absolute atomic E-state index is 0.250. The number of hydroxylamine groups is 1. The lowest BCUT2D eigenvalue weighted by molar-refractivity contribution is -0.386. The highest BCUT2D eigenvalue weighted by molar-refractivity contribution is 5.90. The number of para-hydroxylation sites is 1. The molecule has 0 fully saturated rings. The van der Waals surface area contributed by atoms with E-state index in [-0.39, 0.29) is 5.69 Å². The van der Waals surface area contributed by atoms with E-state index in [1.807, 2.05) is 0 Å². The van der Waals surface area contributed by atoms with Crippen molar-refractivity contribution < 1.29 is 27.7 Å². The van der Waals surface area contributed by atoms with E-state index >= 15 is 0 Å². The summed E-state index contributed by atoms with van der Waals surface area (Å²) < 4.78 is 38.4. The van der Waals surface area contributed by atoms with Gasteiger partial charge in [0.05, 0.1) is 16.2 Å². The van der Waals surface area contributed by atoms with Crippen molar-refractivity contribution in [1.29, 1.82) is 0 Å². The van der Waals surface area contributed by atoms with Crippen LogP contribution in [0.3, 0.4) is 0 Å². The van der Waals surface area contributed by atoms with Gasteiger partial charge in [-0.2, -0.15) is 13.2 Å². The van der Waals surface area contributed by atoms with Crippen molar-refractivity contribution in [3.05, 3.63) is 64.2 Å². The van der Waals surface area contributed by atoms with Crippen LogP contribution in [0.25, 0.3) is 0 Å². The number of benzene rings is 2. The number of anilines is 1. The Bertz CT molecular complexity index is 810. The fourth-order valence-electron chi connectivity index (χ4n) is 1.96. The van der Waals surface area contributed by atoms with E-state index in [9.17, 15) is 28.1 Å². The number of nitro groups is 1. The summed E-state index contributed by atoms with van der Waals surface area (Å²) in [5.41, 5.74) is -1.85. The molecule has 0 aromatic heterocycles. The van der Waals surface area contributed by atoms with Crippen molar-refractivity contribution in [3.8, 4) is 5.75 Å². The Morgan fingerprint density at radius 3 is 2.23 bits per heavy atom. The van der Waals surface area contributed by atoms with Crippen LogP contribution in [-0.4, -0.2) is 29.9 Å². The molecule has 0 N–H and O–H groups in total. The van der Waals surface area contributed by atoms with Crippen LogP contribution in [-0.2, 0) is 6.18 Å². The van der Waals surface area contributed by atoms with Crippen molar-refractivity contribution in [2.45, 2.75) is 6.18 Å². The maximum atomic E-state index is 12.8. The number of hydrogen-bond donors (Lipinski definition) is 0. The molecule has 2 aromatic rings. The third kappa shape index (κ3) is 4.21. The van der Waals surface area contributed by atoms with Crippen molar-refractivity contribution in [2.24, 2.45) is 0 Å². The third-order valence-corrected chi connectivity index (χ3v) is 3.22. The van der Waals surface area contributed by atoms with Gasteiger partial charge in [-0.15, -0.1) is 5.06 Å². The predicted octanol–water partition coefficient (Wildman–Crippen LogP) is 4.10. The number of rotatable bonds is 4. The minimum Gasteiger partial charge on any atom is -0.363 e. The van der Waals surface area contributed by atoms with Gasteiger partial charge in [-0.3, -0.25) is 10.1 Å². The summed E-state index contributed by atoms with van der Waals surface area (Å²) in [5.74, 6) is -0.498. The van der Waals surface area contributed by atoms with Gasteiger partial charge in [-0.1, -0.05) is 18.2 Å². The molecule has 26 heavy (non-hydrogen) atoms. The molecule has 0 saturated heterocycles. The zero-order valence-corrected chi connectivity index (χ0v) is 13.7. The summed E-state index contributed by atoms with van der Waals surface area (Å²) in [6.45, 7) is 0. The molecule has 0 radical (unpaired) electrons. The lowest BCUT2D eigenvalue weighted by atomic mass is 10.2. The summed E-state index contributed by atoms with van der Waals surface area (Å²) in [7, 11) is 2.87. The number of nitrogens with zero attached hydrogens (tertiary/aromatic N) is 3. The van der Waals surface area contributed by atoms with Crippen LogP contribution in [0.2, 0.25) is 0 Å². The Morgan fingerprint density at radius 1 is 1.12 bits per heavy atom. The van der Waals surface area contributed by atoms with Gasteiger partial charge in [0, 0.05) is 20.2 Å². The SMILES string of the molecule is CN(C)C(=O)N(Oc1ccc(C(F)(F)F)cc1[N+](=O)[O-])c1ccccc1. The number of hydrogen-bond acceptors (Lipinski definition) is 4. The van der Waals surface area contributed by atoms with Crippen LogP contribution < -0.4 is 9.90 Å². The number of urea groups is 1. The summed E-state index contributed by atoms with van der Waals surface area (Å²) in [6, 6.07) is 9.05. The molecule has 0 saturated carbocycles. The molecule has 2 amide bonds. The highest BCUT2D eigenvalue weighted by atomic mass is 19.4. The van der Waals surface area contributed by atoms with E-state index < -0.39 is 34.1 Å². The zero-order chi connectivity index (χ0) is 19.5. The van der Waals surface area contributed by atoms with Gasteiger partial charge in [0.1, 0.15) is 0 Å². The molecule has 138 valence electrons. The Labute approximate surface area is 146 Å². The molecule has 10 heteroatoms. The number of halogens is 3. The smallest absolute Gasteiger partial charge is 0.363 e. The van der Waals surface area contributed by atoms with Gasteiger partial charge >= 0.3 is 17.9 Å². The van der Waals surface area contributed by atoms with Crippen LogP contribution in [0.5, 0.6) is 5.75 Å². The van der Waals surface area contributed by atoms with Crippen LogP contribution in [0.4, 0.5) is 29.3 Å². The maximum absolute atomic E-state index is 12.8. The van der Waals surface area contributed by atoms with E-state index in [2.05, 4.69) is 0 Å². The largest absolute Gasteiger partial charge is 0.416 e. The molecule has 0 heterocycles. The average Bonchev–Trinajstić information content (AvgIpc) is 2.58. The van der Waals surface area contributed by atoms with Crippen LogP contribution in [0, 0.1) is 10.1 Å². The standard InChI is InChI=1S/C16H14F3N3O4/c1-20(2)15(23)21(12-6-4-3-5-7-12)26-14-9-8-11(16(17,18)19)10-13(14)22(24)25/h3-10H,1-2H3. The van der Waals surface area contributed by atoms with Gasteiger partial charge in [-0.05, 0) is 24.3 Å². The topological polar surface area (TPSA) is 75.9 Å².